The molecule has 0 aromatic heterocycles. The van der Waals surface area contributed by atoms with Crippen molar-refractivity contribution >= 4 is 29.1 Å². The maximum absolute atomic E-state index is 10.9. The summed E-state index contributed by atoms with van der Waals surface area (Å²) in [6, 6.07) is 1.07. The first kappa shape index (κ1) is 15.7. The summed E-state index contributed by atoms with van der Waals surface area (Å²) in [6.45, 7) is 1.08. The van der Waals surface area contributed by atoms with E-state index < -0.39 is 48.9 Å². The maximum Gasteiger partial charge on any atom is 0.331 e. The van der Waals surface area contributed by atoms with E-state index in [0.717, 1.165) is 13.0 Å². The van der Waals surface area contributed by atoms with Crippen molar-refractivity contribution in [3.8, 4) is 0 Å². The van der Waals surface area contributed by atoms with E-state index in [-0.39, 0.29) is 0 Å². The highest BCUT2D eigenvalue weighted by Gasteiger charge is 2.29. The third kappa shape index (κ3) is 3.34. The van der Waals surface area contributed by atoms with Gasteiger partial charge in [0.1, 0.15) is 5.56 Å². The van der Waals surface area contributed by atoms with Gasteiger partial charge in [-0.2, -0.15) is 0 Å². The van der Waals surface area contributed by atoms with Crippen molar-refractivity contribution in [2.24, 2.45) is 0 Å². The number of hydrogen-bond donors (Lipinski definition) is 1. The molecule has 0 fully saturated rings. The van der Waals surface area contributed by atoms with Gasteiger partial charge in [0.05, 0.1) is 26.9 Å². The number of rotatable bonds is 5. The molecule has 0 saturated carbocycles. The van der Waals surface area contributed by atoms with E-state index in [0.29, 0.717) is 12.1 Å². The lowest BCUT2D eigenvalue weighted by molar-refractivity contribution is -0.403. The van der Waals surface area contributed by atoms with Crippen LogP contribution in [-0.2, 0) is 4.79 Å². The summed E-state index contributed by atoms with van der Waals surface area (Å²) >= 11 is 0. The number of hydrogen-bond acceptors (Lipinski definition) is 7. The Balaban J connectivity index is 3.78. The number of nitrogens with zero attached hydrogens (tertiary/aromatic N) is 3. The fraction of sp³-hybridized carbons (Fsp3) is 0.100. The van der Waals surface area contributed by atoms with E-state index in [1.807, 2.05) is 0 Å². The van der Waals surface area contributed by atoms with Crippen LogP contribution in [0, 0.1) is 30.3 Å². The van der Waals surface area contributed by atoms with Crippen molar-refractivity contribution in [3.63, 3.8) is 0 Å². The SMILES string of the molecule is C/C(=C\c1c([N+](=O)[O-])cc([N+](=O)[O-])cc1[N+](=O)[O-])C(=O)O. The molecular weight excluding hydrogens is 290 g/mol. The van der Waals surface area contributed by atoms with E-state index >= 15 is 0 Å². The van der Waals surface area contributed by atoms with Crippen molar-refractivity contribution in [3.05, 3.63) is 53.6 Å². The predicted octanol–water partition coefficient (Wildman–Crippen LogP) is 1.90. The second kappa shape index (κ2) is 5.73. The molecule has 0 spiro atoms. The monoisotopic (exact) mass is 297 g/mol. The third-order valence-electron chi connectivity index (χ3n) is 2.42. The highest BCUT2D eigenvalue weighted by molar-refractivity contribution is 5.93. The summed E-state index contributed by atoms with van der Waals surface area (Å²) in [5.74, 6) is -1.43. The first-order valence-corrected chi connectivity index (χ1v) is 5.18. The van der Waals surface area contributed by atoms with Gasteiger partial charge >= 0.3 is 5.97 Å². The molecule has 1 aromatic carbocycles. The molecule has 0 saturated heterocycles. The van der Waals surface area contributed by atoms with Crippen LogP contribution in [0.4, 0.5) is 17.1 Å². The number of carboxylic acids is 1. The smallest absolute Gasteiger partial charge is 0.331 e. The third-order valence-corrected chi connectivity index (χ3v) is 2.42. The second-order valence-corrected chi connectivity index (χ2v) is 3.80. The summed E-state index contributed by atoms with van der Waals surface area (Å²) in [5, 5.41) is 41.2. The quantitative estimate of drug-likeness (QED) is 0.488. The van der Waals surface area contributed by atoms with Crippen LogP contribution in [0.25, 0.3) is 6.08 Å². The molecule has 0 atom stereocenters. The fourth-order valence-electron chi connectivity index (χ4n) is 1.44. The summed E-state index contributed by atoms with van der Waals surface area (Å²) in [6.07, 6.45) is 0.725. The molecule has 0 bridgehead atoms. The van der Waals surface area contributed by atoms with E-state index in [1.165, 1.54) is 0 Å². The van der Waals surface area contributed by atoms with Crippen LogP contribution in [0.3, 0.4) is 0 Å². The summed E-state index contributed by atoms with van der Waals surface area (Å²) in [4.78, 5) is 40.1. The molecule has 11 nitrogen and oxygen atoms in total. The van der Waals surface area contributed by atoms with Gasteiger partial charge < -0.3 is 5.11 Å². The van der Waals surface area contributed by atoms with Crippen LogP contribution < -0.4 is 0 Å². The molecular formula is C10H7N3O8. The minimum atomic E-state index is -1.43. The Morgan fingerprint density at radius 2 is 1.48 bits per heavy atom. The lowest BCUT2D eigenvalue weighted by Crippen LogP contribution is -2.02. The maximum atomic E-state index is 10.9. The van der Waals surface area contributed by atoms with Gasteiger partial charge in [0.25, 0.3) is 17.1 Å². The zero-order chi connectivity index (χ0) is 16.3. The van der Waals surface area contributed by atoms with Crippen molar-refractivity contribution in [2.75, 3.05) is 0 Å². The van der Waals surface area contributed by atoms with Crippen LogP contribution in [-0.4, -0.2) is 25.8 Å². The van der Waals surface area contributed by atoms with Gasteiger partial charge in [-0.1, -0.05) is 0 Å². The van der Waals surface area contributed by atoms with Gasteiger partial charge in [-0.3, -0.25) is 30.3 Å². The van der Waals surface area contributed by atoms with Crippen LogP contribution in [0.15, 0.2) is 17.7 Å². The highest BCUT2D eigenvalue weighted by atomic mass is 16.6. The Kier molecular flexibility index (Phi) is 4.28. The Hall–Kier alpha value is -3.37. The van der Waals surface area contributed by atoms with Crippen molar-refractivity contribution < 1.29 is 24.7 Å². The molecule has 0 aliphatic heterocycles. The first-order chi connectivity index (χ1) is 9.65. The van der Waals surface area contributed by atoms with E-state index in [9.17, 15) is 35.1 Å². The molecule has 0 aliphatic rings. The molecule has 0 unspecified atom stereocenters. The summed E-state index contributed by atoms with van der Waals surface area (Å²) in [5.41, 5.74) is -3.68. The Morgan fingerprint density at radius 1 is 1.05 bits per heavy atom. The zero-order valence-electron chi connectivity index (χ0n) is 10.4. The highest BCUT2D eigenvalue weighted by Crippen LogP contribution is 2.35. The van der Waals surface area contributed by atoms with Crippen LogP contribution in [0.2, 0.25) is 0 Å². The minimum Gasteiger partial charge on any atom is -0.478 e. The number of aliphatic carboxylic acids is 1. The molecule has 0 aliphatic carbocycles. The number of non-ortho nitro benzene ring substituents is 1. The molecule has 0 amide bonds. The molecule has 1 rings (SSSR count). The van der Waals surface area contributed by atoms with Crippen LogP contribution >= 0.6 is 0 Å². The second-order valence-electron chi connectivity index (χ2n) is 3.80. The molecule has 1 N–H and O–H groups in total. The summed E-state index contributed by atoms with van der Waals surface area (Å²) < 4.78 is 0. The molecule has 0 radical (unpaired) electrons. The van der Waals surface area contributed by atoms with Crippen LogP contribution in [0.1, 0.15) is 12.5 Å². The lowest BCUT2D eigenvalue weighted by Gasteiger charge is -2.01. The van der Waals surface area contributed by atoms with Gasteiger partial charge in [-0.05, 0) is 13.0 Å². The van der Waals surface area contributed by atoms with Gasteiger partial charge in [0.2, 0.25) is 0 Å². The molecule has 1 aromatic rings. The molecule has 110 valence electrons. The van der Waals surface area contributed by atoms with Crippen molar-refractivity contribution in [1.29, 1.82) is 0 Å². The number of nitro groups is 3. The molecule has 11 heteroatoms. The van der Waals surface area contributed by atoms with Crippen molar-refractivity contribution in [1.82, 2.24) is 0 Å². The van der Waals surface area contributed by atoms with Crippen molar-refractivity contribution in [2.45, 2.75) is 6.92 Å². The average molecular weight is 297 g/mol. The molecule has 21 heavy (non-hydrogen) atoms. The summed E-state index contributed by atoms with van der Waals surface area (Å²) in [7, 11) is 0. The first-order valence-electron chi connectivity index (χ1n) is 5.18. The topological polar surface area (TPSA) is 167 Å². The van der Waals surface area contributed by atoms with Gasteiger partial charge in [0, 0.05) is 5.57 Å². The van der Waals surface area contributed by atoms with Gasteiger partial charge in [-0.15, -0.1) is 0 Å². The number of benzene rings is 1. The van der Waals surface area contributed by atoms with E-state index in [1.54, 1.807) is 0 Å². The Morgan fingerprint density at radius 3 is 1.76 bits per heavy atom. The number of nitro benzene ring substituents is 3. The van der Waals surface area contributed by atoms with Crippen LogP contribution in [0.5, 0.6) is 0 Å². The number of carboxylic acid groups (broad SMARTS) is 1. The van der Waals surface area contributed by atoms with Gasteiger partial charge in [-0.25, -0.2) is 4.79 Å². The number of carbonyl (C=O) groups is 1. The molecule has 0 heterocycles. The minimum absolute atomic E-state index is 0.393. The largest absolute Gasteiger partial charge is 0.478 e. The standard InChI is InChI=1S/C10H7N3O8/c1-5(10(14)15)2-7-8(12(18)19)3-6(11(16)17)4-9(7)13(20)21/h2-4H,1H3,(H,14,15)/b5-2+. The predicted molar refractivity (Wildman–Crippen MR) is 67.7 cm³/mol. The fourth-order valence-corrected chi connectivity index (χ4v) is 1.44. The zero-order valence-corrected chi connectivity index (χ0v) is 10.4. The van der Waals surface area contributed by atoms with E-state index in [4.69, 9.17) is 5.11 Å². The lowest BCUT2D eigenvalue weighted by atomic mass is 10.1. The Labute approximate surface area is 115 Å². The Bertz CT molecular complexity index is 659. The average Bonchev–Trinajstić information content (AvgIpc) is 2.37. The van der Waals surface area contributed by atoms with Gasteiger partial charge in [0.15, 0.2) is 0 Å². The van der Waals surface area contributed by atoms with E-state index in [2.05, 4.69) is 0 Å². The normalized spacial score (nSPS) is 11.0.